The normalized spacial score (nSPS) is 11.6. The monoisotopic (exact) mass is 272 g/mol. The van der Waals surface area contributed by atoms with E-state index < -0.39 is 11.7 Å². The molecule has 1 aromatic carbocycles. The number of anilines is 1. The van der Waals surface area contributed by atoms with E-state index in [0.29, 0.717) is 11.1 Å². The average molecular weight is 273 g/mol. The van der Waals surface area contributed by atoms with Crippen LogP contribution in [0.5, 0.6) is 0 Å². The van der Waals surface area contributed by atoms with Crippen molar-refractivity contribution in [2.75, 3.05) is 5.73 Å². The summed E-state index contributed by atoms with van der Waals surface area (Å²) in [6, 6.07) is 6.43. The Kier molecular flexibility index (Phi) is 3.17. The van der Waals surface area contributed by atoms with Gasteiger partial charge < -0.3 is 5.73 Å². The lowest BCUT2D eigenvalue weighted by molar-refractivity contribution is -0.137. The molecule has 2 N–H and O–H groups in total. The molecule has 94 valence electrons. The molecule has 1 heterocycles. The zero-order valence-electron chi connectivity index (χ0n) is 9.00. The third kappa shape index (κ3) is 2.56. The summed E-state index contributed by atoms with van der Waals surface area (Å²) in [5.41, 5.74) is 5.60. The Balaban J connectivity index is 2.48. The van der Waals surface area contributed by atoms with Crippen molar-refractivity contribution < 1.29 is 13.2 Å². The van der Waals surface area contributed by atoms with Crippen LogP contribution < -0.4 is 5.73 Å². The fourth-order valence-electron chi connectivity index (χ4n) is 1.48. The van der Waals surface area contributed by atoms with Crippen LogP contribution in [0.2, 0.25) is 5.02 Å². The molecule has 2 rings (SSSR count). The van der Waals surface area contributed by atoms with Crippen molar-refractivity contribution >= 4 is 17.4 Å². The quantitative estimate of drug-likeness (QED) is 0.852. The predicted molar refractivity (Wildman–Crippen MR) is 64.1 cm³/mol. The van der Waals surface area contributed by atoms with Crippen molar-refractivity contribution in [3.05, 3.63) is 47.1 Å². The molecule has 2 nitrogen and oxygen atoms in total. The van der Waals surface area contributed by atoms with Gasteiger partial charge in [-0.3, -0.25) is 0 Å². The van der Waals surface area contributed by atoms with Gasteiger partial charge in [0.15, 0.2) is 0 Å². The van der Waals surface area contributed by atoms with Gasteiger partial charge in [-0.15, -0.1) is 0 Å². The van der Waals surface area contributed by atoms with Crippen molar-refractivity contribution in [3.8, 4) is 11.1 Å². The number of nitrogens with zero attached hydrogens (tertiary/aromatic N) is 1. The van der Waals surface area contributed by atoms with Gasteiger partial charge in [0.05, 0.1) is 10.6 Å². The van der Waals surface area contributed by atoms with Gasteiger partial charge in [0.1, 0.15) is 5.82 Å². The van der Waals surface area contributed by atoms with Crippen molar-refractivity contribution in [2.24, 2.45) is 0 Å². The summed E-state index contributed by atoms with van der Waals surface area (Å²) in [6.07, 6.45) is -2.99. The maximum Gasteiger partial charge on any atom is 0.416 e. The molecule has 0 aliphatic rings. The largest absolute Gasteiger partial charge is 0.416 e. The number of alkyl halides is 3. The first-order chi connectivity index (χ1) is 8.38. The maximum atomic E-state index is 12.6. The molecule has 0 saturated carbocycles. The lowest BCUT2D eigenvalue weighted by Gasteiger charge is -2.09. The smallest absolute Gasteiger partial charge is 0.382 e. The molecular formula is C12H8ClF3N2. The highest BCUT2D eigenvalue weighted by atomic mass is 35.5. The Labute approximate surface area is 106 Å². The van der Waals surface area contributed by atoms with Gasteiger partial charge in [0, 0.05) is 11.8 Å². The second kappa shape index (κ2) is 4.49. The number of hydrogen-bond donors (Lipinski definition) is 1. The highest BCUT2D eigenvalue weighted by molar-refractivity contribution is 6.33. The number of aromatic nitrogens is 1. The first kappa shape index (κ1) is 12.7. The van der Waals surface area contributed by atoms with E-state index in [1.165, 1.54) is 18.3 Å². The van der Waals surface area contributed by atoms with Crippen LogP contribution in [0.3, 0.4) is 0 Å². The van der Waals surface area contributed by atoms with Crippen LogP contribution in [0.1, 0.15) is 5.56 Å². The minimum atomic E-state index is -4.37. The Morgan fingerprint density at radius 2 is 1.83 bits per heavy atom. The SMILES string of the molecule is Nc1ncc(-c2cccc(C(F)(F)F)c2)cc1Cl. The lowest BCUT2D eigenvalue weighted by atomic mass is 10.0. The van der Waals surface area contributed by atoms with E-state index in [4.69, 9.17) is 17.3 Å². The van der Waals surface area contributed by atoms with E-state index in [2.05, 4.69) is 4.98 Å². The first-order valence-corrected chi connectivity index (χ1v) is 5.34. The van der Waals surface area contributed by atoms with Crippen LogP contribution >= 0.6 is 11.6 Å². The third-order valence-corrected chi connectivity index (χ3v) is 2.70. The molecule has 2 aromatic rings. The molecule has 0 bridgehead atoms. The zero-order chi connectivity index (χ0) is 13.3. The summed E-state index contributed by atoms with van der Waals surface area (Å²) >= 11 is 5.78. The van der Waals surface area contributed by atoms with Crippen LogP contribution in [0.25, 0.3) is 11.1 Å². The minimum Gasteiger partial charge on any atom is -0.382 e. The standard InChI is InChI=1S/C12H8ClF3N2/c13-10-5-8(6-18-11(10)17)7-2-1-3-9(4-7)12(14,15)16/h1-6H,(H2,17,18). The van der Waals surface area contributed by atoms with E-state index in [0.717, 1.165) is 12.1 Å². The summed E-state index contributed by atoms with van der Waals surface area (Å²) in [6.45, 7) is 0. The summed E-state index contributed by atoms with van der Waals surface area (Å²) < 4.78 is 37.7. The number of nitrogens with two attached hydrogens (primary N) is 1. The number of benzene rings is 1. The van der Waals surface area contributed by atoms with Gasteiger partial charge in [-0.25, -0.2) is 4.98 Å². The molecule has 18 heavy (non-hydrogen) atoms. The molecule has 6 heteroatoms. The fourth-order valence-corrected chi connectivity index (χ4v) is 1.65. The number of hydrogen-bond acceptors (Lipinski definition) is 2. The van der Waals surface area contributed by atoms with Crippen LogP contribution in [-0.2, 0) is 6.18 Å². The zero-order valence-corrected chi connectivity index (χ0v) is 9.76. The van der Waals surface area contributed by atoms with E-state index in [9.17, 15) is 13.2 Å². The van der Waals surface area contributed by atoms with Crippen LogP contribution in [-0.4, -0.2) is 4.98 Å². The highest BCUT2D eigenvalue weighted by Gasteiger charge is 2.30. The van der Waals surface area contributed by atoms with Crippen LogP contribution in [0.4, 0.5) is 19.0 Å². The topological polar surface area (TPSA) is 38.9 Å². The Morgan fingerprint density at radius 1 is 1.11 bits per heavy atom. The van der Waals surface area contributed by atoms with Crippen molar-refractivity contribution in [1.82, 2.24) is 4.98 Å². The number of pyridine rings is 1. The Bertz CT molecular complexity index is 582. The highest BCUT2D eigenvalue weighted by Crippen LogP contribution is 2.32. The van der Waals surface area contributed by atoms with Crippen LogP contribution in [0, 0.1) is 0 Å². The molecule has 1 aromatic heterocycles. The molecule has 0 spiro atoms. The Hall–Kier alpha value is -1.75. The van der Waals surface area contributed by atoms with Crippen molar-refractivity contribution in [1.29, 1.82) is 0 Å². The van der Waals surface area contributed by atoms with Gasteiger partial charge in [-0.05, 0) is 23.8 Å². The summed E-state index contributed by atoms with van der Waals surface area (Å²) in [5.74, 6) is 0.146. The van der Waals surface area contributed by atoms with E-state index in [1.54, 1.807) is 6.07 Å². The minimum absolute atomic E-state index is 0.146. The maximum absolute atomic E-state index is 12.6. The Morgan fingerprint density at radius 3 is 2.44 bits per heavy atom. The molecular weight excluding hydrogens is 265 g/mol. The van der Waals surface area contributed by atoms with E-state index in [-0.39, 0.29) is 10.8 Å². The first-order valence-electron chi connectivity index (χ1n) is 4.96. The van der Waals surface area contributed by atoms with Crippen molar-refractivity contribution in [3.63, 3.8) is 0 Å². The van der Waals surface area contributed by atoms with Gasteiger partial charge in [-0.1, -0.05) is 23.7 Å². The van der Waals surface area contributed by atoms with Gasteiger partial charge in [0.25, 0.3) is 0 Å². The molecule has 0 amide bonds. The molecule has 0 aliphatic carbocycles. The van der Waals surface area contributed by atoms with Gasteiger partial charge in [0.2, 0.25) is 0 Å². The summed E-state index contributed by atoms with van der Waals surface area (Å²) in [5, 5.41) is 0.213. The molecule has 0 aliphatic heterocycles. The van der Waals surface area contributed by atoms with E-state index in [1.807, 2.05) is 0 Å². The molecule has 0 atom stereocenters. The van der Waals surface area contributed by atoms with Gasteiger partial charge in [-0.2, -0.15) is 13.2 Å². The van der Waals surface area contributed by atoms with Crippen LogP contribution in [0.15, 0.2) is 36.5 Å². The van der Waals surface area contributed by atoms with Gasteiger partial charge >= 0.3 is 6.18 Å². The molecule has 0 saturated heterocycles. The summed E-state index contributed by atoms with van der Waals surface area (Å²) in [7, 11) is 0. The lowest BCUT2D eigenvalue weighted by Crippen LogP contribution is -2.04. The average Bonchev–Trinajstić information content (AvgIpc) is 2.32. The molecule has 0 fully saturated rings. The summed E-state index contributed by atoms with van der Waals surface area (Å²) in [4.78, 5) is 3.81. The molecule has 0 radical (unpaired) electrons. The van der Waals surface area contributed by atoms with Crippen molar-refractivity contribution in [2.45, 2.75) is 6.18 Å². The number of halogens is 4. The predicted octanol–water partition coefficient (Wildman–Crippen LogP) is 4.00. The third-order valence-electron chi connectivity index (χ3n) is 2.39. The van der Waals surface area contributed by atoms with E-state index >= 15 is 0 Å². The second-order valence-corrected chi connectivity index (χ2v) is 4.08. The number of nitrogen functional groups attached to an aromatic ring is 1. The molecule has 0 unspecified atom stereocenters. The fraction of sp³-hybridized carbons (Fsp3) is 0.0833. The number of rotatable bonds is 1. The second-order valence-electron chi connectivity index (χ2n) is 3.67.